The number of urea groups is 1. The van der Waals surface area contributed by atoms with E-state index in [4.69, 9.17) is 0 Å². The van der Waals surface area contributed by atoms with Gasteiger partial charge in [-0.1, -0.05) is 51.1 Å². The molecule has 1 fully saturated rings. The number of para-hydroxylation sites is 1. The number of rotatable bonds is 3. The number of hydrogen-bond donors (Lipinski definition) is 2. The fraction of sp³-hybridized carbons (Fsp3) is 0.429. The lowest BCUT2D eigenvalue weighted by Crippen LogP contribution is -2.62. The molecule has 1 aliphatic carbocycles. The summed E-state index contributed by atoms with van der Waals surface area (Å²) in [4.78, 5) is 53.5. The number of carbonyl (C=O) groups is 4. The summed E-state index contributed by atoms with van der Waals surface area (Å²) in [5.74, 6) is -1.28. The van der Waals surface area contributed by atoms with Crippen molar-refractivity contribution in [2.75, 3.05) is 5.32 Å². The zero-order chi connectivity index (χ0) is 25.5. The third-order valence-corrected chi connectivity index (χ3v) is 7.56. The maximum Gasteiger partial charge on any atom is 0.332 e. The quantitative estimate of drug-likeness (QED) is 0.595. The molecule has 7 nitrogen and oxygen atoms in total. The number of fused-ring (bicyclic) bond motifs is 1. The zero-order valence-corrected chi connectivity index (χ0v) is 21.0. The Balaban J connectivity index is 1.63. The van der Waals surface area contributed by atoms with Crippen molar-refractivity contribution in [2.24, 2.45) is 11.3 Å². The molecule has 35 heavy (non-hydrogen) atoms. The minimum Gasteiger partial charge on any atom is -0.324 e. The highest BCUT2D eigenvalue weighted by Crippen LogP contribution is 2.42. The summed E-state index contributed by atoms with van der Waals surface area (Å²) in [5, 5.41) is 5.87. The molecule has 184 valence electrons. The Labute approximate surface area is 206 Å². The summed E-state index contributed by atoms with van der Waals surface area (Å²) < 4.78 is 0. The maximum absolute atomic E-state index is 13.8. The third kappa shape index (κ3) is 4.47. The first-order valence-corrected chi connectivity index (χ1v) is 12.1. The molecule has 0 saturated heterocycles. The standard InChI is InChI=1S/C28H33N3O4/c1-17-9-8-10-18(2)22(17)29-25(34)28(15-13-19(14-16-28)27(3,4)5)30-26(35)31-23(32)20-11-6-7-12-21(20)24(31)33/h6-12,19H,13-16H2,1-5H3,(H,29,34)(H,30,35). The van der Waals surface area contributed by atoms with Crippen molar-refractivity contribution in [2.45, 2.75) is 65.8 Å². The van der Waals surface area contributed by atoms with Gasteiger partial charge in [0.15, 0.2) is 0 Å². The first-order valence-electron chi connectivity index (χ1n) is 12.1. The van der Waals surface area contributed by atoms with Crippen LogP contribution < -0.4 is 10.6 Å². The van der Waals surface area contributed by atoms with Gasteiger partial charge in [-0.25, -0.2) is 4.79 Å². The number of benzene rings is 2. The average molecular weight is 476 g/mol. The molecular weight excluding hydrogens is 442 g/mol. The molecule has 0 bridgehead atoms. The van der Waals surface area contributed by atoms with E-state index in [1.807, 2.05) is 32.0 Å². The fourth-order valence-corrected chi connectivity index (χ4v) is 5.26. The Hall–Kier alpha value is -3.48. The van der Waals surface area contributed by atoms with E-state index in [0.717, 1.165) is 24.0 Å². The SMILES string of the molecule is Cc1cccc(C)c1NC(=O)C1(NC(=O)N2C(=O)c3ccccc3C2=O)CCC(C(C)(C)C)CC1. The van der Waals surface area contributed by atoms with Gasteiger partial charge in [0, 0.05) is 5.69 Å². The van der Waals surface area contributed by atoms with Gasteiger partial charge in [-0.2, -0.15) is 4.90 Å². The van der Waals surface area contributed by atoms with Crippen LogP contribution in [-0.4, -0.2) is 34.2 Å². The van der Waals surface area contributed by atoms with Crippen molar-refractivity contribution < 1.29 is 19.2 Å². The molecule has 0 spiro atoms. The molecule has 5 amide bonds. The molecule has 1 saturated carbocycles. The Kier molecular flexibility index (Phi) is 6.30. The summed E-state index contributed by atoms with van der Waals surface area (Å²) in [5.41, 5.74) is 1.78. The van der Waals surface area contributed by atoms with Gasteiger partial charge in [0.25, 0.3) is 11.8 Å². The second-order valence-corrected chi connectivity index (χ2v) is 10.9. The van der Waals surface area contributed by atoms with Gasteiger partial charge in [0.1, 0.15) is 5.54 Å². The first-order chi connectivity index (χ1) is 16.4. The van der Waals surface area contributed by atoms with E-state index in [1.165, 1.54) is 12.1 Å². The molecule has 1 aliphatic heterocycles. The normalized spacial score (nSPS) is 22.1. The molecular formula is C28H33N3O4. The molecule has 2 aromatic rings. The number of anilines is 1. The number of carbonyl (C=O) groups excluding carboxylic acids is 4. The molecule has 0 radical (unpaired) electrons. The average Bonchev–Trinajstić information content (AvgIpc) is 3.06. The summed E-state index contributed by atoms with van der Waals surface area (Å²) in [6.45, 7) is 10.4. The van der Waals surface area contributed by atoms with E-state index < -0.39 is 23.4 Å². The van der Waals surface area contributed by atoms with Crippen molar-refractivity contribution in [3.63, 3.8) is 0 Å². The Morgan fingerprint density at radius 3 is 1.89 bits per heavy atom. The number of amides is 5. The van der Waals surface area contributed by atoms with Crippen LogP contribution >= 0.6 is 0 Å². The van der Waals surface area contributed by atoms with Gasteiger partial charge in [-0.15, -0.1) is 0 Å². The fourth-order valence-electron chi connectivity index (χ4n) is 5.26. The van der Waals surface area contributed by atoms with E-state index in [-0.39, 0.29) is 22.4 Å². The second-order valence-electron chi connectivity index (χ2n) is 10.9. The molecule has 0 aromatic heterocycles. The van der Waals surface area contributed by atoms with Crippen LogP contribution in [0.1, 0.15) is 78.3 Å². The number of hydrogen-bond acceptors (Lipinski definition) is 4. The highest BCUT2D eigenvalue weighted by Gasteiger charge is 2.48. The summed E-state index contributed by atoms with van der Waals surface area (Å²) in [6, 6.07) is 11.3. The predicted octanol–water partition coefficient (Wildman–Crippen LogP) is 5.22. The van der Waals surface area contributed by atoms with E-state index in [9.17, 15) is 19.2 Å². The molecule has 0 unspecified atom stereocenters. The van der Waals surface area contributed by atoms with Gasteiger partial charge in [-0.3, -0.25) is 14.4 Å². The highest BCUT2D eigenvalue weighted by atomic mass is 16.2. The molecule has 1 heterocycles. The monoisotopic (exact) mass is 475 g/mol. The topological polar surface area (TPSA) is 95.6 Å². The summed E-state index contributed by atoms with van der Waals surface area (Å²) in [7, 11) is 0. The maximum atomic E-state index is 13.8. The minimum absolute atomic E-state index is 0.0712. The molecule has 2 aromatic carbocycles. The van der Waals surface area contributed by atoms with Gasteiger partial charge in [-0.05, 0) is 74.1 Å². The van der Waals surface area contributed by atoms with Crippen LogP contribution in [0, 0.1) is 25.2 Å². The minimum atomic E-state index is -1.23. The van der Waals surface area contributed by atoms with Crippen molar-refractivity contribution in [1.82, 2.24) is 10.2 Å². The van der Waals surface area contributed by atoms with E-state index in [0.29, 0.717) is 29.3 Å². The lowest BCUT2D eigenvalue weighted by molar-refractivity contribution is -0.124. The van der Waals surface area contributed by atoms with Gasteiger partial charge >= 0.3 is 6.03 Å². The van der Waals surface area contributed by atoms with E-state index in [1.54, 1.807) is 12.1 Å². The number of nitrogens with zero attached hydrogens (tertiary/aromatic N) is 1. The summed E-state index contributed by atoms with van der Waals surface area (Å²) >= 11 is 0. The first kappa shape index (κ1) is 24.6. The van der Waals surface area contributed by atoms with Gasteiger partial charge in [0.05, 0.1) is 11.1 Å². The lowest BCUT2D eigenvalue weighted by Gasteiger charge is -2.43. The van der Waals surface area contributed by atoms with Crippen LogP contribution in [0.4, 0.5) is 10.5 Å². The smallest absolute Gasteiger partial charge is 0.324 e. The zero-order valence-electron chi connectivity index (χ0n) is 21.0. The van der Waals surface area contributed by atoms with Crippen molar-refractivity contribution in [3.05, 3.63) is 64.7 Å². The predicted molar refractivity (Wildman–Crippen MR) is 134 cm³/mol. The van der Waals surface area contributed by atoms with Crippen LogP contribution in [0.3, 0.4) is 0 Å². The van der Waals surface area contributed by atoms with E-state index >= 15 is 0 Å². The molecule has 7 heteroatoms. The summed E-state index contributed by atoms with van der Waals surface area (Å²) in [6.07, 6.45) is 2.32. The molecule has 2 N–H and O–H groups in total. The van der Waals surface area contributed by atoms with Gasteiger partial charge < -0.3 is 10.6 Å². The third-order valence-electron chi connectivity index (χ3n) is 7.56. The highest BCUT2D eigenvalue weighted by molar-refractivity contribution is 6.29. The number of nitrogens with one attached hydrogen (secondary N) is 2. The van der Waals surface area contributed by atoms with Crippen LogP contribution in [0.5, 0.6) is 0 Å². The molecule has 4 rings (SSSR count). The van der Waals surface area contributed by atoms with Crippen molar-refractivity contribution in [1.29, 1.82) is 0 Å². The van der Waals surface area contributed by atoms with Crippen molar-refractivity contribution >= 4 is 29.4 Å². The van der Waals surface area contributed by atoms with E-state index in [2.05, 4.69) is 31.4 Å². The van der Waals surface area contributed by atoms with Gasteiger partial charge in [0.2, 0.25) is 5.91 Å². The Morgan fingerprint density at radius 1 is 0.886 bits per heavy atom. The number of imide groups is 3. The Morgan fingerprint density at radius 2 is 1.40 bits per heavy atom. The van der Waals surface area contributed by atoms with Crippen LogP contribution in [-0.2, 0) is 4.79 Å². The van der Waals surface area contributed by atoms with Crippen molar-refractivity contribution in [3.8, 4) is 0 Å². The Bertz CT molecular complexity index is 1150. The molecule has 0 atom stereocenters. The second kappa shape index (κ2) is 8.95. The molecule has 2 aliphatic rings. The van der Waals surface area contributed by atoms with Crippen LogP contribution in [0.15, 0.2) is 42.5 Å². The number of aryl methyl sites for hydroxylation is 2. The lowest BCUT2D eigenvalue weighted by atomic mass is 9.67. The van der Waals surface area contributed by atoms with Crippen LogP contribution in [0.25, 0.3) is 0 Å². The largest absolute Gasteiger partial charge is 0.332 e. The van der Waals surface area contributed by atoms with Crippen LogP contribution in [0.2, 0.25) is 0 Å².